The zero-order valence-corrected chi connectivity index (χ0v) is 14.4. The van der Waals surface area contributed by atoms with Crippen LogP contribution in [-0.4, -0.2) is 23.1 Å². The number of para-hydroxylation sites is 1. The first-order chi connectivity index (χ1) is 10.9. The van der Waals surface area contributed by atoms with Crippen LogP contribution >= 0.6 is 27.5 Å². The van der Waals surface area contributed by atoms with E-state index in [2.05, 4.69) is 21.2 Å². The topological polar surface area (TPSA) is 75.6 Å². The van der Waals surface area contributed by atoms with Crippen molar-refractivity contribution in [3.63, 3.8) is 0 Å². The number of ether oxygens (including phenoxy) is 1. The van der Waals surface area contributed by atoms with E-state index in [9.17, 15) is 14.7 Å². The molecule has 0 aliphatic heterocycles. The van der Waals surface area contributed by atoms with Crippen molar-refractivity contribution in [2.75, 3.05) is 5.32 Å². The first kappa shape index (κ1) is 17.3. The van der Waals surface area contributed by atoms with Gasteiger partial charge in [-0.25, -0.2) is 4.79 Å². The molecule has 0 saturated heterocycles. The van der Waals surface area contributed by atoms with Crippen LogP contribution in [0.15, 0.2) is 46.9 Å². The summed E-state index contributed by atoms with van der Waals surface area (Å²) < 4.78 is 5.68. The third-order valence-corrected chi connectivity index (χ3v) is 3.79. The monoisotopic (exact) mass is 397 g/mol. The maximum absolute atomic E-state index is 12.1. The van der Waals surface area contributed by atoms with Gasteiger partial charge in [0.05, 0.1) is 10.7 Å². The van der Waals surface area contributed by atoms with Gasteiger partial charge < -0.3 is 15.2 Å². The number of carbonyl (C=O) groups is 2. The average Bonchev–Trinajstić information content (AvgIpc) is 2.51. The van der Waals surface area contributed by atoms with Crippen molar-refractivity contribution in [2.24, 2.45) is 0 Å². The number of rotatable bonds is 4. The van der Waals surface area contributed by atoms with Gasteiger partial charge in [-0.3, -0.25) is 4.79 Å². The first-order valence-electron chi connectivity index (χ1n) is 6.63. The molecule has 7 heteroatoms. The maximum atomic E-state index is 12.1. The minimum atomic E-state index is -1.06. The number of hydrogen-bond acceptors (Lipinski definition) is 4. The van der Waals surface area contributed by atoms with E-state index >= 15 is 0 Å². The van der Waals surface area contributed by atoms with Crippen LogP contribution in [0.2, 0.25) is 5.02 Å². The van der Waals surface area contributed by atoms with Gasteiger partial charge in [0.15, 0.2) is 6.10 Å². The van der Waals surface area contributed by atoms with Crippen molar-refractivity contribution in [3.8, 4) is 5.75 Å². The van der Waals surface area contributed by atoms with Crippen LogP contribution in [0, 0.1) is 0 Å². The number of phenols is 1. The SMILES string of the molecule is CC(OC(=O)c1cc(Br)ccc1O)C(=O)Nc1ccccc1Cl. The number of esters is 1. The third-order valence-electron chi connectivity index (χ3n) is 2.96. The molecule has 5 nitrogen and oxygen atoms in total. The number of phenolic OH excluding ortho intramolecular Hbond substituents is 1. The number of amides is 1. The highest BCUT2D eigenvalue weighted by atomic mass is 79.9. The van der Waals surface area contributed by atoms with Gasteiger partial charge >= 0.3 is 5.97 Å². The summed E-state index contributed by atoms with van der Waals surface area (Å²) in [5, 5.41) is 12.6. The van der Waals surface area contributed by atoms with E-state index in [1.54, 1.807) is 30.3 Å². The van der Waals surface area contributed by atoms with Gasteiger partial charge in [-0.2, -0.15) is 0 Å². The van der Waals surface area contributed by atoms with Gasteiger partial charge in [-0.05, 0) is 37.3 Å². The fourth-order valence-corrected chi connectivity index (χ4v) is 2.29. The maximum Gasteiger partial charge on any atom is 0.342 e. The molecular formula is C16H13BrClNO4. The standard InChI is InChI=1S/C16H13BrClNO4/c1-9(15(21)19-13-5-3-2-4-12(13)18)23-16(22)11-8-10(17)6-7-14(11)20/h2-9,20H,1H3,(H,19,21). The first-order valence-corrected chi connectivity index (χ1v) is 7.80. The lowest BCUT2D eigenvalue weighted by Crippen LogP contribution is -2.30. The van der Waals surface area contributed by atoms with Crippen molar-refractivity contribution < 1.29 is 19.4 Å². The van der Waals surface area contributed by atoms with Crippen molar-refractivity contribution in [2.45, 2.75) is 13.0 Å². The minimum absolute atomic E-state index is 0.0308. The van der Waals surface area contributed by atoms with Gasteiger partial charge in [-0.1, -0.05) is 39.7 Å². The van der Waals surface area contributed by atoms with Crippen LogP contribution in [0.5, 0.6) is 5.75 Å². The predicted molar refractivity (Wildman–Crippen MR) is 90.8 cm³/mol. The van der Waals surface area contributed by atoms with Gasteiger partial charge in [0.25, 0.3) is 5.91 Å². The highest BCUT2D eigenvalue weighted by molar-refractivity contribution is 9.10. The van der Waals surface area contributed by atoms with E-state index in [0.717, 1.165) is 0 Å². The molecule has 0 spiro atoms. The van der Waals surface area contributed by atoms with E-state index in [4.69, 9.17) is 16.3 Å². The summed E-state index contributed by atoms with van der Waals surface area (Å²) in [6.07, 6.45) is -1.06. The molecule has 0 heterocycles. The van der Waals surface area contributed by atoms with Crippen LogP contribution in [0.4, 0.5) is 5.69 Å². The van der Waals surface area contributed by atoms with Crippen LogP contribution < -0.4 is 5.32 Å². The summed E-state index contributed by atoms with van der Waals surface area (Å²) in [7, 11) is 0. The molecule has 0 aliphatic carbocycles. The molecule has 0 bridgehead atoms. The van der Waals surface area contributed by atoms with Crippen LogP contribution in [0.25, 0.3) is 0 Å². The number of benzene rings is 2. The summed E-state index contributed by atoms with van der Waals surface area (Å²) in [4.78, 5) is 24.1. The van der Waals surface area contributed by atoms with E-state index < -0.39 is 18.0 Å². The lowest BCUT2D eigenvalue weighted by Gasteiger charge is -2.14. The Labute approximate surface area is 146 Å². The predicted octanol–water partition coefficient (Wildman–Crippen LogP) is 3.99. The van der Waals surface area contributed by atoms with Gasteiger partial charge in [0.1, 0.15) is 11.3 Å². The lowest BCUT2D eigenvalue weighted by atomic mass is 10.2. The number of halogens is 2. The smallest absolute Gasteiger partial charge is 0.342 e. The Morgan fingerprint density at radius 3 is 2.65 bits per heavy atom. The molecular weight excluding hydrogens is 386 g/mol. The molecule has 23 heavy (non-hydrogen) atoms. The van der Waals surface area contributed by atoms with E-state index in [1.165, 1.54) is 19.1 Å². The molecule has 0 aliphatic rings. The second kappa shape index (κ2) is 7.48. The Morgan fingerprint density at radius 2 is 1.96 bits per heavy atom. The minimum Gasteiger partial charge on any atom is -0.507 e. The summed E-state index contributed by atoms with van der Waals surface area (Å²) in [6.45, 7) is 1.43. The molecule has 0 radical (unpaired) electrons. The van der Waals surface area contributed by atoms with E-state index in [1.807, 2.05) is 0 Å². The molecule has 2 aromatic carbocycles. The second-order valence-electron chi connectivity index (χ2n) is 4.68. The Kier molecular flexibility index (Phi) is 5.63. The molecule has 1 atom stereocenters. The second-order valence-corrected chi connectivity index (χ2v) is 6.00. The van der Waals surface area contributed by atoms with Crippen molar-refractivity contribution in [3.05, 3.63) is 57.5 Å². The van der Waals surface area contributed by atoms with Crippen LogP contribution in [0.1, 0.15) is 17.3 Å². The third kappa shape index (κ3) is 4.46. The molecule has 120 valence electrons. The fourth-order valence-electron chi connectivity index (χ4n) is 1.75. The summed E-state index contributed by atoms with van der Waals surface area (Å²) in [5.74, 6) is -1.55. The highest BCUT2D eigenvalue weighted by Crippen LogP contribution is 2.24. The molecule has 1 unspecified atom stereocenters. The Bertz CT molecular complexity index is 751. The Balaban J connectivity index is 2.05. The van der Waals surface area contributed by atoms with Gasteiger partial charge in [0.2, 0.25) is 0 Å². The molecule has 2 aromatic rings. The molecule has 2 N–H and O–H groups in total. The van der Waals surface area contributed by atoms with E-state index in [-0.39, 0.29) is 11.3 Å². The summed E-state index contributed by atoms with van der Waals surface area (Å²) in [5.41, 5.74) is 0.393. The van der Waals surface area contributed by atoms with E-state index in [0.29, 0.717) is 15.2 Å². The largest absolute Gasteiger partial charge is 0.507 e. The van der Waals surface area contributed by atoms with Gasteiger partial charge in [0, 0.05) is 4.47 Å². The van der Waals surface area contributed by atoms with Crippen LogP contribution in [-0.2, 0) is 9.53 Å². The normalized spacial score (nSPS) is 11.6. The quantitative estimate of drug-likeness (QED) is 0.764. The number of hydrogen-bond donors (Lipinski definition) is 2. The molecule has 1 amide bonds. The molecule has 0 fully saturated rings. The molecule has 0 aromatic heterocycles. The zero-order chi connectivity index (χ0) is 17.0. The van der Waals surface area contributed by atoms with Crippen LogP contribution in [0.3, 0.4) is 0 Å². The van der Waals surface area contributed by atoms with Crippen molar-refractivity contribution in [1.29, 1.82) is 0 Å². The highest BCUT2D eigenvalue weighted by Gasteiger charge is 2.21. The van der Waals surface area contributed by atoms with Crippen molar-refractivity contribution in [1.82, 2.24) is 0 Å². The Morgan fingerprint density at radius 1 is 1.26 bits per heavy atom. The average molecular weight is 399 g/mol. The molecule has 0 saturated carbocycles. The van der Waals surface area contributed by atoms with Crippen molar-refractivity contribution >= 4 is 45.1 Å². The fraction of sp³-hybridized carbons (Fsp3) is 0.125. The number of nitrogens with one attached hydrogen (secondary N) is 1. The zero-order valence-electron chi connectivity index (χ0n) is 12.0. The summed E-state index contributed by atoms with van der Waals surface area (Å²) in [6, 6.07) is 11.1. The lowest BCUT2D eigenvalue weighted by molar-refractivity contribution is -0.123. The molecule has 2 rings (SSSR count). The number of carbonyl (C=O) groups excluding carboxylic acids is 2. The summed E-state index contributed by atoms with van der Waals surface area (Å²) >= 11 is 9.15. The Hall–Kier alpha value is -2.05. The number of aromatic hydroxyl groups is 1. The van der Waals surface area contributed by atoms with Gasteiger partial charge in [-0.15, -0.1) is 0 Å². The number of anilines is 1.